The van der Waals surface area contributed by atoms with Crippen LogP contribution in [0.25, 0.3) is 310 Å². The van der Waals surface area contributed by atoms with Gasteiger partial charge in [-0.05, 0) is 377 Å². The predicted molar refractivity (Wildman–Crippen MR) is 539 cm³/mol. The minimum atomic E-state index is -0.592. The molecular weight excluding hydrogens is 1580 g/mol. The second kappa shape index (κ2) is 21.0. The molecule has 28 aromatic carbocycles. The zero-order valence-corrected chi connectivity index (χ0v) is 74.7. The maximum atomic E-state index is 7.46. The van der Waals surface area contributed by atoms with Crippen molar-refractivity contribution in [3.8, 4) is 54.3 Å². The maximum Gasteiger partial charge on any atom is 0.180 e. The molecule has 4 aliphatic carbocycles. The number of benzene rings is 18. The van der Waals surface area contributed by atoms with Crippen LogP contribution >= 0.6 is 34.0 Å². The summed E-state index contributed by atoms with van der Waals surface area (Å²) in [5.74, 6) is 13.2. The van der Waals surface area contributed by atoms with Crippen LogP contribution < -0.4 is 18.9 Å². The first-order valence-electron chi connectivity index (χ1n) is 50.0. The predicted octanol–water partition coefficient (Wildman–Crippen LogP) is 36.2. The molecule has 3 aromatic heterocycles. The summed E-state index contributed by atoms with van der Waals surface area (Å²) in [5.41, 5.74) is 7.09. The van der Waals surface area contributed by atoms with Crippen LogP contribution in [0.5, 0.6) is 23.0 Å². The largest absolute Gasteiger partial charge is 0.488 e. The van der Waals surface area contributed by atoms with E-state index in [0.29, 0.717) is 0 Å². The number of rotatable bonds is 35. The molecule has 4 nitrogen and oxygen atoms in total. The van der Waals surface area contributed by atoms with Crippen LogP contribution in [-0.2, 0) is 17.3 Å². The molecule has 2 aliphatic heterocycles. The number of ether oxygens (including phenoxy) is 4. The van der Waals surface area contributed by atoms with Crippen molar-refractivity contribution in [1.82, 2.24) is 0 Å². The number of hydrogen-bond donors (Lipinski definition) is 0. The number of unbranched alkanes of at least 4 members (excludes halogenated alkanes) is 23. The summed E-state index contributed by atoms with van der Waals surface area (Å²) in [5, 5.41) is 93.4. The van der Waals surface area contributed by atoms with Crippen LogP contribution in [-0.4, -0.2) is 26.4 Å². The van der Waals surface area contributed by atoms with Crippen molar-refractivity contribution in [3.63, 3.8) is 0 Å². The SMILES string of the molecule is CCCCCCCCC1(CCCCCCCC)COc2csc(-c3cc(CCCCCC#CC45c6c7c8c9c%10c%11c(c%12c%13c4c4c6c6c%14c7c7c8c8c%10c%10c%15c%11c%11c%12c%12c%13c%13c4c4c6c6c%14c%14c7c7c8c%10c8c%10c%15c%11c%11c%12c%12c%13c4c4c6c6c%14c7c8c7c%10c%11c%12c4c67)C95C)c(-c4scc5c4OCC(CCCCCCCC)(CCCCCCCC)CO5)s3)c2OC1. The van der Waals surface area contributed by atoms with Crippen molar-refractivity contribution < 1.29 is 18.9 Å². The van der Waals surface area contributed by atoms with Crippen molar-refractivity contribution >= 4 is 325 Å². The molecule has 0 unspecified atom stereocenters. The number of thiophene rings is 3. The molecule has 606 valence electrons. The normalized spacial score (nSPS) is 19.3. The Bertz CT molecular complexity index is 9280. The summed E-state index contributed by atoms with van der Waals surface area (Å²) < 4.78 is 29.2. The molecule has 7 heteroatoms. The third kappa shape index (κ3) is 6.25. The van der Waals surface area contributed by atoms with Gasteiger partial charge in [0.15, 0.2) is 23.0 Å². The van der Waals surface area contributed by atoms with Crippen LogP contribution in [0.1, 0.15) is 268 Å². The van der Waals surface area contributed by atoms with Crippen LogP contribution in [0, 0.1) is 22.7 Å². The highest BCUT2D eigenvalue weighted by atomic mass is 32.1. The van der Waals surface area contributed by atoms with Crippen molar-refractivity contribution in [3.05, 3.63) is 44.6 Å². The molecule has 37 rings (SSSR count). The van der Waals surface area contributed by atoms with E-state index in [1.165, 1.54) is 205 Å². The van der Waals surface area contributed by atoms with Gasteiger partial charge in [-0.3, -0.25) is 0 Å². The Morgan fingerprint density at radius 2 is 0.528 bits per heavy atom. The fourth-order valence-corrected chi connectivity index (χ4v) is 37.5. The van der Waals surface area contributed by atoms with Crippen LogP contribution in [0.2, 0.25) is 0 Å². The van der Waals surface area contributed by atoms with Crippen molar-refractivity contribution in [1.29, 1.82) is 0 Å². The summed E-state index contributed by atoms with van der Waals surface area (Å²) in [6, 6.07) is 2.59. The summed E-state index contributed by atoms with van der Waals surface area (Å²) in [4.78, 5) is 5.14. The lowest BCUT2D eigenvalue weighted by Crippen LogP contribution is -2.49. The lowest BCUT2D eigenvalue weighted by Gasteiger charge is -2.50. The molecule has 0 bridgehead atoms. The van der Waals surface area contributed by atoms with E-state index in [0.717, 1.165) is 81.5 Å². The van der Waals surface area contributed by atoms with Crippen molar-refractivity contribution in [2.45, 2.75) is 257 Å². The first-order chi connectivity index (χ1) is 61.9. The Morgan fingerprint density at radius 3 is 0.840 bits per heavy atom. The Morgan fingerprint density at radius 1 is 0.272 bits per heavy atom. The topological polar surface area (TPSA) is 36.9 Å². The van der Waals surface area contributed by atoms with E-state index < -0.39 is 10.8 Å². The lowest BCUT2D eigenvalue weighted by molar-refractivity contribution is 0.0783. The van der Waals surface area contributed by atoms with Gasteiger partial charge < -0.3 is 18.9 Å². The van der Waals surface area contributed by atoms with Gasteiger partial charge in [0.05, 0.1) is 46.5 Å². The van der Waals surface area contributed by atoms with E-state index in [2.05, 4.69) is 57.4 Å². The number of aryl methyl sites for hydroxylation is 1. The van der Waals surface area contributed by atoms with Gasteiger partial charge in [0, 0.05) is 38.3 Å². The summed E-state index contributed by atoms with van der Waals surface area (Å²) in [7, 11) is 0. The van der Waals surface area contributed by atoms with Gasteiger partial charge in [0.1, 0.15) is 0 Å². The smallest absolute Gasteiger partial charge is 0.180 e. The van der Waals surface area contributed by atoms with Crippen molar-refractivity contribution in [2.75, 3.05) is 26.4 Å². The fourth-order valence-electron chi connectivity index (χ4n) is 34.1. The first-order valence-corrected chi connectivity index (χ1v) is 52.6. The molecular formula is C118H92O4S3. The van der Waals surface area contributed by atoms with Gasteiger partial charge in [-0.25, -0.2) is 0 Å². The molecule has 5 heterocycles. The minimum absolute atomic E-state index is 0.00611. The molecule has 6 aliphatic rings. The van der Waals surface area contributed by atoms with Gasteiger partial charge >= 0.3 is 0 Å². The van der Waals surface area contributed by atoms with Crippen LogP contribution in [0.3, 0.4) is 0 Å². The first kappa shape index (κ1) is 66.7. The molecule has 0 radical (unpaired) electrons. The molecule has 0 saturated carbocycles. The highest BCUT2D eigenvalue weighted by Gasteiger charge is 2.68. The van der Waals surface area contributed by atoms with E-state index in [9.17, 15) is 0 Å². The number of fused-ring (bicyclic) bond motifs is 2. The Labute approximate surface area is 731 Å². The van der Waals surface area contributed by atoms with E-state index in [1.54, 1.807) is 313 Å². The molecule has 0 atom stereocenters. The second-order valence-electron chi connectivity index (χ2n) is 43.7. The lowest BCUT2D eigenvalue weighted by atomic mass is 9.49. The maximum absolute atomic E-state index is 7.46. The van der Waals surface area contributed by atoms with Gasteiger partial charge in [0.25, 0.3) is 0 Å². The van der Waals surface area contributed by atoms with E-state index in [-0.39, 0.29) is 10.8 Å². The Balaban J connectivity index is 0.514. The highest BCUT2D eigenvalue weighted by Crippen LogP contribution is 2.85. The van der Waals surface area contributed by atoms with Gasteiger partial charge in [-0.15, -0.1) is 39.9 Å². The third-order valence-corrected chi connectivity index (χ3v) is 41.7. The standard InChI is InChI=1S/C118H92O4S3/c1-6-10-14-18-24-30-36-116(37-31-25-19-15-11-7-2)44-119-49-42-123-113(110(49)121-46-116)51-41-48(112(125-51)114-111-50(43-124-114)120-45-117(47-122-111,38-32-26-20-16-12-8-3)39-33-27-21-17-13-9-4)35-29-23-22-28-34-40-118-108-102-96-86-74-66-58-54-52-53-56-60(58)68(74)78-72-64(56)65-57(53)61-59-55(52)63-62(54)70-76(66)84-90-80(70)81-71(63)77-67(59)75-69(61)79-73(65)83-82(72)94(88(78)96)104(108)105-95(83)89(79)97-87(75)93-85(77)91(81)99-98(90)106(100(102)92(84)86)115(118,5)107(99)101(93)103(97)109(105)118/h41-43H,6-33,35-39,44-47H2,1-5H3. The zero-order chi connectivity index (χ0) is 80.3. The zero-order valence-electron chi connectivity index (χ0n) is 72.3. The van der Waals surface area contributed by atoms with Crippen LogP contribution in [0.4, 0.5) is 0 Å². The molecule has 31 aromatic rings. The number of hydrogen-bond acceptors (Lipinski definition) is 7. The second-order valence-corrected chi connectivity index (χ2v) is 46.5. The highest BCUT2D eigenvalue weighted by molar-refractivity contribution is 7.26. The monoisotopic (exact) mass is 1670 g/mol. The summed E-state index contributed by atoms with van der Waals surface area (Å²) in [6.07, 6.45) is 41.3. The quantitative estimate of drug-likeness (QED) is 0.0225. The third-order valence-electron chi connectivity index (χ3n) is 38.3. The van der Waals surface area contributed by atoms with Crippen molar-refractivity contribution in [2.24, 2.45) is 10.8 Å². The van der Waals surface area contributed by atoms with Gasteiger partial charge in [-0.1, -0.05) is 194 Å². The van der Waals surface area contributed by atoms with Crippen LogP contribution in [0.15, 0.2) is 16.8 Å². The van der Waals surface area contributed by atoms with E-state index in [4.69, 9.17) is 24.9 Å². The summed E-state index contributed by atoms with van der Waals surface area (Å²) in [6.45, 7) is 15.2. The molecule has 0 N–H and O–H groups in total. The molecule has 0 amide bonds. The minimum Gasteiger partial charge on any atom is -0.488 e. The molecule has 0 fully saturated rings. The average molecular weight is 1670 g/mol. The molecule has 0 saturated heterocycles. The summed E-state index contributed by atoms with van der Waals surface area (Å²) >= 11 is 5.66. The van der Waals surface area contributed by atoms with E-state index >= 15 is 0 Å². The van der Waals surface area contributed by atoms with Gasteiger partial charge in [0.2, 0.25) is 0 Å². The Hall–Kier alpha value is -9.68. The van der Waals surface area contributed by atoms with E-state index in [1.807, 2.05) is 34.0 Å². The fraction of sp³-hybridized carbons (Fsp3) is 0.390. The Kier molecular flexibility index (Phi) is 11.2. The average Bonchev–Trinajstić information content (AvgIpc) is 1.38. The molecule has 0 spiro atoms. The molecule has 125 heavy (non-hydrogen) atoms. The van der Waals surface area contributed by atoms with Gasteiger partial charge in [-0.2, -0.15) is 0 Å².